The number of carbonyl (C=O) groups is 1. The Labute approximate surface area is 58.7 Å². The Balaban J connectivity index is 2.15. The fourth-order valence-electron chi connectivity index (χ4n) is 1.25. The van der Waals surface area contributed by atoms with Crippen LogP contribution in [0.25, 0.3) is 0 Å². The number of nitrogens with one attached hydrogen (secondary N) is 2. The third-order valence-electron chi connectivity index (χ3n) is 2.09. The molecule has 2 rings (SSSR count). The molecule has 1 atom stereocenters. The first-order valence-electron chi connectivity index (χ1n) is 3.38. The van der Waals surface area contributed by atoms with Crippen LogP contribution in [0.3, 0.4) is 0 Å². The fraction of sp³-hybridized carbons (Fsp3) is 0.667. The number of hydrogen-bond acceptors (Lipinski definition) is 3. The molecule has 4 nitrogen and oxygen atoms in total. The van der Waals surface area contributed by atoms with Gasteiger partial charge in [-0.2, -0.15) is 0 Å². The molecule has 10 heavy (non-hydrogen) atoms. The Kier molecular flexibility index (Phi) is 0.977. The summed E-state index contributed by atoms with van der Waals surface area (Å²) < 4.78 is 0. The van der Waals surface area contributed by atoms with Crippen molar-refractivity contribution in [3.8, 4) is 0 Å². The van der Waals surface area contributed by atoms with Gasteiger partial charge in [0.25, 0.3) is 0 Å². The fourth-order valence-corrected chi connectivity index (χ4v) is 1.25. The summed E-state index contributed by atoms with van der Waals surface area (Å²) in [7, 11) is 0. The van der Waals surface area contributed by atoms with E-state index in [1.165, 1.54) is 0 Å². The highest BCUT2D eigenvalue weighted by Crippen LogP contribution is 2.18. The lowest BCUT2D eigenvalue weighted by atomic mass is 9.87. The molecule has 0 aromatic carbocycles. The highest BCUT2D eigenvalue weighted by atomic mass is 16.2. The van der Waals surface area contributed by atoms with Gasteiger partial charge in [-0.15, -0.1) is 0 Å². The molecular formula is C6H9N3O. The Bertz CT molecular complexity index is 201. The van der Waals surface area contributed by atoms with Crippen molar-refractivity contribution in [2.75, 3.05) is 13.1 Å². The van der Waals surface area contributed by atoms with E-state index in [0.717, 1.165) is 19.5 Å². The normalized spacial score (nSPS) is 36.6. The lowest BCUT2D eigenvalue weighted by Crippen LogP contribution is -2.72. The molecule has 54 valence electrons. The number of carbonyl (C=O) groups excluding carboxylic acids is 1. The lowest BCUT2D eigenvalue weighted by Gasteiger charge is -2.41. The number of aliphatic imine (C=N–C) groups is 1. The van der Waals surface area contributed by atoms with Crippen molar-refractivity contribution < 1.29 is 4.79 Å². The Morgan fingerprint density at radius 1 is 1.70 bits per heavy atom. The average molecular weight is 139 g/mol. The minimum atomic E-state index is -0.290. The quantitative estimate of drug-likeness (QED) is 0.417. The third kappa shape index (κ3) is 0.558. The average Bonchev–Trinajstić information content (AvgIpc) is 2.04. The number of β-lactam (4-membered cyclic amide) rings is 1. The van der Waals surface area contributed by atoms with Gasteiger partial charge < -0.3 is 10.6 Å². The molecular weight excluding hydrogens is 130 g/mol. The summed E-state index contributed by atoms with van der Waals surface area (Å²) in [6, 6.07) is 0. The van der Waals surface area contributed by atoms with Gasteiger partial charge in [-0.3, -0.25) is 9.79 Å². The Hall–Kier alpha value is -1.06. The second-order valence-electron chi connectivity index (χ2n) is 2.69. The number of rotatable bonds is 0. The van der Waals surface area contributed by atoms with E-state index in [4.69, 9.17) is 0 Å². The molecule has 2 N–H and O–H groups in total. The van der Waals surface area contributed by atoms with E-state index in [1.54, 1.807) is 6.34 Å². The first-order chi connectivity index (χ1) is 4.83. The van der Waals surface area contributed by atoms with Crippen LogP contribution in [0.2, 0.25) is 0 Å². The number of amides is 1. The van der Waals surface area contributed by atoms with E-state index in [1.807, 2.05) is 0 Å². The molecule has 1 amide bonds. The molecule has 0 aromatic heterocycles. The Morgan fingerprint density at radius 2 is 2.60 bits per heavy atom. The van der Waals surface area contributed by atoms with E-state index in [0.29, 0.717) is 0 Å². The summed E-state index contributed by atoms with van der Waals surface area (Å²) >= 11 is 0. The van der Waals surface area contributed by atoms with Gasteiger partial charge in [-0.25, -0.2) is 0 Å². The van der Waals surface area contributed by atoms with Crippen LogP contribution >= 0.6 is 0 Å². The van der Waals surface area contributed by atoms with E-state index >= 15 is 0 Å². The molecule has 1 saturated heterocycles. The van der Waals surface area contributed by atoms with E-state index in [-0.39, 0.29) is 11.4 Å². The molecule has 2 aliphatic heterocycles. The second-order valence-corrected chi connectivity index (χ2v) is 2.69. The van der Waals surface area contributed by atoms with Crippen LogP contribution < -0.4 is 10.6 Å². The summed E-state index contributed by atoms with van der Waals surface area (Å²) in [5.41, 5.74) is -0.290. The molecule has 0 aliphatic carbocycles. The number of hydrogen-bond donors (Lipinski definition) is 2. The van der Waals surface area contributed by atoms with E-state index in [9.17, 15) is 4.79 Å². The largest absolute Gasteiger partial charge is 0.361 e. The van der Waals surface area contributed by atoms with Crippen LogP contribution in [0.4, 0.5) is 0 Å². The predicted octanol–water partition coefficient (Wildman–Crippen LogP) is -1.12. The van der Waals surface area contributed by atoms with Gasteiger partial charge in [-0.05, 0) is 0 Å². The monoisotopic (exact) mass is 139 g/mol. The summed E-state index contributed by atoms with van der Waals surface area (Å²) in [5, 5.41) is 5.68. The zero-order chi connectivity index (χ0) is 7.03. The molecule has 4 heteroatoms. The van der Waals surface area contributed by atoms with Gasteiger partial charge in [-0.1, -0.05) is 0 Å². The van der Waals surface area contributed by atoms with Gasteiger partial charge in [0.15, 0.2) is 0 Å². The van der Waals surface area contributed by atoms with E-state index < -0.39 is 0 Å². The summed E-state index contributed by atoms with van der Waals surface area (Å²) in [6.07, 6.45) is 2.46. The van der Waals surface area contributed by atoms with Gasteiger partial charge in [0, 0.05) is 19.5 Å². The molecule has 0 saturated carbocycles. The molecule has 1 unspecified atom stereocenters. The predicted molar refractivity (Wildman–Crippen MR) is 36.9 cm³/mol. The van der Waals surface area contributed by atoms with Crippen molar-refractivity contribution in [1.29, 1.82) is 0 Å². The summed E-state index contributed by atoms with van der Waals surface area (Å²) in [6.45, 7) is 1.51. The van der Waals surface area contributed by atoms with Crippen molar-refractivity contribution >= 4 is 12.2 Å². The minimum absolute atomic E-state index is 0.110. The smallest absolute Gasteiger partial charge is 0.247 e. The van der Waals surface area contributed by atoms with Gasteiger partial charge in [0.2, 0.25) is 5.91 Å². The second kappa shape index (κ2) is 1.71. The molecule has 0 bridgehead atoms. The van der Waals surface area contributed by atoms with Crippen LogP contribution in [0.5, 0.6) is 0 Å². The van der Waals surface area contributed by atoms with E-state index in [2.05, 4.69) is 15.6 Å². The van der Waals surface area contributed by atoms with Crippen molar-refractivity contribution in [2.24, 2.45) is 4.99 Å². The number of nitrogens with zero attached hydrogens (tertiary/aromatic N) is 1. The summed E-state index contributed by atoms with van der Waals surface area (Å²) in [4.78, 5) is 14.9. The van der Waals surface area contributed by atoms with Crippen molar-refractivity contribution in [3.05, 3.63) is 0 Å². The third-order valence-corrected chi connectivity index (χ3v) is 2.09. The maximum atomic E-state index is 11.0. The van der Waals surface area contributed by atoms with Crippen LogP contribution in [0.15, 0.2) is 4.99 Å². The SMILES string of the molecule is O=C1NCC12CCN=CN2. The molecule has 0 radical (unpaired) electrons. The van der Waals surface area contributed by atoms with Crippen molar-refractivity contribution in [2.45, 2.75) is 12.0 Å². The highest BCUT2D eigenvalue weighted by Gasteiger charge is 2.46. The van der Waals surface area contributed by atoms with Gasteiger partial charge in [0.1, 0.15) is 5.54 Å². The highest BCUT2D eigenvalue weighted by molar-refractivity contribution is 5.94. The van der Waals surface area contributed by atoms with Crippen LogP contribution in [-0.4, -0.2) is 30.9 Å². The molecule has 1 fully saturated rings. The molecule has 2 heterocycles. The standard InChI is InChI=1S/C6H9N3O/c10-5-6(3-8-5)1-2-7-4-9-6/h4H,1-3H2,(H,7,9)(H,8,10). The molecule has 1 spiro atoms. The van der Waals surface area contributed by atoms with Crippen molar-refractivity contribution in [3.63, 3.8) is 0 Å². The topological polar surface area (TPSA) is 53.5 Å². The first-order valence-corrected chi connectivity index (χ1v) is 3.38. The van der Waals surface area contributed by atoms with Crippen LogP contribution in [-0.2, 0) is 4.79 Å². The summed E-state index contributed by atoms with van der Waals surface area (Å²) in [5.74, 6) is 0.110. The maximum absolute atomic E-state index is 11.0. The Morgan fingerprint density at radius 3 is 2.90 bits per heavy atom. The van der Waals surface area contributed by atoms with Gasteiger partial charge in [0.05, 0.1) is 6.34 Å². The maximum Gasteiger partial charge on any atom is 0.247 e. The van der Waals surface area contributed by atoms with Crippen LogP contribution in [0.1, 0.15) is 6.42 Å². The lowest BCUT2D eigenvalue weighted by molar-refractivity contribution is -0.134. The van der Waals surface area contributed by atoms with Crippen molar-refractivity contribution in [1.82, 2.24) is 10.6 Å². The zero-order valence-corrected chi connectivity index (χ0v) is 5.55. The zero-order valence-electron chi connectivity index (χ0n) is 5.55. The van der Waals surface area contributed by atoms with Gasteiger partial charge >= 0.3 is 0 Å². The molecule has 2 aliphatic rings. The minimum Gasteiger partial charge on any atom is -0.361 e. The first kappa shape index (κ1) is 5.70. The van der Waals surface area contributed by atoms with Crippen LogP contribution in [0, 0.1) is 0 Å². The molecule has 0 aromatic rings.